The minimum Gasteiger partial charge on any atom is -0.353 e. The van der Waals surface area contributed by atoms with Gasteiger partial charge in [0.15, 0.2) is 5.82 Å². The predicted octanol–water partition coefficient (Wildman–Crippen LogP) is 3.55. The summed E-state index contributed by atoms with van der Waals surface area (Å²) in [4.78, 5) is 11.1. The maximum atomic E-state index is 13.4. The van der Waals surface area contributed by atoms with Crippen LogP contribution in [-0.4, -0.2) is 46.3 Å². The van der Waals surface area contributed by atoms with Crippen molar-refractivity contribution in [1.82, 2.24) is 20.1 Å². The van der Waals surface area contributed by atoms with Crippen molar-refractivity contribution in [2.75, 3.05) is 31.1 Å². The molecule has 5 rings (SSSR count). The Balaban J connectivity index is 1.19. The van der Waals surface area contributed by atoms with Crippen LogP contribution >= 0.6 is 11.3 Å². The molecule has 1 aliphatic heterocycles. The Morgan fingerprint density at radius 3 is 2.64 bits per heavy atom. The molecule has 1 aromatic carbocycles. The number of halogens is 1. The van der Waals surface area contributed by atoms with Crippen LogP contribution in [0.4, 0.5) is 10.2 Å². The summed E-state index contributed by atoms with van der Waals surface area (Å²) in [5.74, 6) is 0.623. The highest BCUT2D eigenvalue weighted by Gasteiger charge is 2.22. The summed E-state index contributed by atoms with van der Waals surface area (Å²) < 4.78 is 13.4. The van der Waals surface area contributed by atoms with Crippen molar-refractivity contribution in [3.63, 3.8) is 0 Å². The predicted molar refractivity (Wildman–Crippen MR) is 109 cm³/mol. The molecule has 0 unspecified atom stereocenters. The van der Waals surface area contributed by atoms with Gasteiger partial charge >= 0.3 is 0 Å². The molecule has 28 heavy (non-hydrogen) atoms. The Kier molecular flexibility index (Phi) is 4.78. The lowest BCUT2D eigenvalue weighted by Crippen LogP contribution is -2.46. The van der Waals surface area contributed by atoms with Crippen LogP contribution in [0.2, 0.25) is 0 Å². The van der Waals surface area contributed by atoms with Gasteiger partial charge in [-0.15, -0.1) is 21.5 Å². The van der Waals surface area contributed by atoms with Crippen LogP contribution in [0.5, 0.6) is 0 Å². The lowest BCUT2D eigenvalue weighted by molar-refractivity contribution is 0.248. The van der Waals surface area contributed by atoms with Crippen LogP contribution < -0.4 is 4.90 Å². The average molecular weight is 396 g/mol. The van der Waals surface area contributed by atoms with Gasteiger partial charge in [0.2, 0.25) is 0 Å². The summed E-state index contributed by atoms with van der Waals surface area (Å²) in [5, 5.41) is 9.94. The molecule has 0 spiro atoms. The molecule has 7 heteroatoms. The number of benzene rings is 1. The number of thiazole rings is 1. The average Bonchev–Trinajstić information content (AvgIpc) is 3.30. The fourth-order valence-electron chi connectivity index (χ4n) is 3.93. The molecule has 3 aromatic rings. The number of nitrogens with zero attached hydrogens (tertiary/aromatic N) is 5. The number of hydrogen-bond donors (Lipinski definition) is 0. The maximum Gasteiger partial charge on any atom is 0.151 e. The van der Waals surface area contributed by atoms with Crippen LogP contribution in [0.25, 0.3) is 11.3 Å². The van der Waals surface area contributed by atoms with Crippen LogP contribution in [0.3, 0.4) is 0 Å². The third kappa shape index (κ3) is 3.64. The van der Waals surface area contributed by atoms with E-state index >= 15 is 0 Å². The number of anilines is 1. The van der Waals surface area contributed by atoms with Crippen molar-refractivity contribution in [3.8, 4) is 11.3 Å². The lowest BCUT2D eigenvalue weighted by atomic mass is 10.1. The third-order valence-corrected chi connectivity index (χ3v) is 6.61. The SMILES string of the molecule is Fc1cccc(-c2ccc(N3CCN(Cc4nc5c(s4)CCC5)CC3)nn2)c1. The molecule has 0 N–H and O–H groups in total. The Bertz CT molecular complexity index is 942. The summed E-state index contributed by atoms with van der Waals surface area (Å²) in [5.41, 5.74) is 2.78. The molecule has 3 heterocycles. The number of piperazine rings is 1. The molecular weight excluding hydrogens is 373 g/mol. The molecule has 0 radical (unpaired) electrons. The largest absolute Gasteiger partial charge is 0.353 e. The zero-order chi connectivity index (χ0) is 18.9. The number of hydrogen-bond acceptors (Lipinski definition) is 6. The van der Waals surface area contributed by atoms with E-state index in [4.69, 9.17) is 4.98 Å². The van der Waals surface area contributed by atoms with Gasteiger partial charge in [0, 0.05) is 36.6 Å². The molecule has 0 saturated carbocycles. The van der Waals surface area contributed by atoms with Crippen LogP contribution in [-0.2, 0) is 19.4 Å². The van der Waals surface area contributed by atoms with Gasteiger partial charge < -0.3 is 4.90 Å². The van der Waals surface area contributed by atoms with Gasteiger partial charge in [-0.2, -0.15) is 0 Å². The van der Waals surface area contributed by atoms with E-state index in [2.05, 4.69) is 20.0 Å². The number of rotatable bonds is 4. The number of aryl methyl sites for hydroxylation is 2. The summed E-state index contributed by atoms with van der Waals surface area (Å²) in [7, 11) is 0. The van der Waals surface area contributed by atoms with E-state index in [1.807, 2.05) is 29.5 Å². The second kappa shape index (κ2) is 7.56. The summed E-state index contributed by atoms with van der Waals surface area (Å²) >= 11 is 1.90. The van der Waals surface area contributed by atoms with Gasteiger partial charge in [-0.3, -0.25) is 4.90 Å². The van der Waals surface area contributed by atoms with E-state index in [1.54, 1.807) is 6.07 Å². The Hall–Kier alpha value is -2.38. The lowest BCUT2D eigenvalue weighted by Gasteiger charge is -2.34. The third-order valence-electron chi connectivity index (χ3n) is 5.47. The first-order valence-corrected chi connectivity index (χ1v) is 10.6. The summed E-state index contributed by atoms with van der Waals surface area (Å²) in [6.07, 6.45) is 3.64. The van der Waals surface area contributed by atoms with Gasteiger partial charge in [0.25, 0.3) is 0 Å². The van der Waals surface area contributed by atoms with Gasteiger partial charge in [-0.1, -0.05) is 12.1 Å². The van der Waals surface area contributed by atoms with Crippen molar-refractivity contribution in [2.24, 2.45) is 0 Å². The maximum absolute atomic E-state index is 13.4. The minimum atomic E-state index is -0.259. The van der Waals surface area contributed by atoms with Gasteiger partial charge in [0.1, 0.15) is 10.8 Å². The molecule has 1 aliphatic carbocycles. The smallest absolute Gasteiger partial charge is 0.151 e. The number of fused-ring (bicyclic) bond motifs is 1. The molecule has 2 aliphatic rings. The van der Waals surface area contributed by atoms with E-state index < -0.39 is 0 Å². The van der Waals surface area contributed by atoms with Crippen LogP contribution in [0, 0.1) is 5.82 Å². The Labute approximate surface area is 167 Å². The first kappa shape index (κ1) is 17.7. The van der Waals surface area contributed by atoms with E-state index in [1.165, 1.54) is 40.6 Å². The van der Waals surface area contributed by atoms with Gasteiger partial charge in [0.05, 0.1) is 17.9 Å². The zero-order valence-electron chi connectivity index (χ0n) is 15.6. The quantitative estimate of drug-likeness (QED) is 0.676. The molecule has 144 valence electrons. The van der Waals surface area contributed by atoms with Crippen molar-refractivity contribution >= 4 is 17.2 Å². The van der Waals surface area contributed by atoms with Crippen molar-refractivity contribution in [2.45, 2.75) is 25.8 Å². The highest BCUT2D eigenvalue weighted by Crippen LogP contribution is 2.28. The standard InChI is InChI=1S/C21H22FN5S/c22-16-4-1-3-15(13-16)17-7-8-20(25-24-17)27-11-9-26(10-12-27)14-21-23-18-5-2-6-19(18)28-21/h1,3-4,7-8,13H,2,5-6,9-12,14H2. The first-order chi connectivity index (χ1) is 13.7. The van der Waals surface area contributed by atoms with Crippen molar-refractivity contribution < 1.29 is 4.39 Å². The molecule has 1 fully saturated rings. The van der Waals surface area contributed by atoms with E-state index in [-0.39, 0.29) is 5.82 Å². The molecule has 2 aromatic heterocycles. The number of aromatic nitrogens is 3. The van der Waals surface area contributed by atoms with Crippen molar-refractivity contribution in [1.29, 1.82) is 0 Å². The highest BCUT2D eigenvalue weighted by molar-refractivity contribution is 7.11. The molecule has 1 saturated heterocycles. The molecule has 0 amide bonds. The first-order valence-electron chi connectivity index (χ1n) is 9.79. The topological polar surface area (TPSA) is 45.2 Å². The highest BCUT2D eigenvalue weighted by atomic mass is 32.1. The minimum absolute atomic E-state index is 0.259. The second-order valence-electron chi connectivity index (χ2n) is 7.38. The van der Waals surface area contributed by atoms with Crippen molar-refractivity contribution in [3.05, 3.63) is 57.8 Å². The molecule has 0 atom stereocenters. The zero-order valence-corrected chi connectivity index (χ0v) is 16.5. The molecular formula is C21H22FN5S. The van der Waals surface area contributed by atoms with E-state index in [0.717, 1.165) is 50.5 Å². The summed E-state index contributed by atoms with van der Waals surface area (Å²) in [6, 6.07) is 10.4. The fraction of sp³-hybridized carbons (Fsp3) is 0.381. The normalized spacial score (nSPS) is 17.1. The van der Waals surface area contributed by atoms with E-state index in [9.17, 15) is 4.39 Å². The monoisotopic (exact) mass is 395 g/mol. The van der Waals surface area contributed by atoms with Crippen LogP contribution in [0.1, 0.15) is 22.0 Å². The van der Waals surface area contributed by atoms with E-state index in [0.29, 0.717) is 5.69 Å². The fourth-order valence-corrected chi connectivity index (χ4v) is 5.13. The second-order valence-corrected chi connectivity index (χ2v) is 8.55. The molecule has 5 nitrogen and oxygen atoms in total. The Morgan fingerprint density at radius 2 is 1.89 bits per heavy atom. The summed E-state index contributed by atoms with van der Waals surface area (Å²) in [6.45, 7) is 4.81. The van der Waals surface area contributed by atoms with Crippen LogP contribution in [0.15, 0.2) is 36.4 Å². The molecule has 0 bridgehead atoms. The van der Waals surface area contributed by atoms with Gasteiger partial charge in [-0.05, 0) is 43.5 Å². The Morgan fingerprint density at radius 1 is 1.00 bits per heavy atom. The van der Waals surface area contributed by atoms with Gasteiger partial charge in [-0.25, -0.2) is 9.37 Å².